The van der Waals surface area contributed by atoms with E-state index >= 15 is 0 Å². The van der Waals surface area contributed by atoms with Crippen LogP contribution in [0.25, 0.3) is 22.3 Å². The second kappa shape index (κ2) is 13.5. The molecule has 278 valence electrons. The number of ketones is 1. The van der Waals surface area contributed by atoms with Crippen molar-refractivity contribution in [1.82, 2.24) is 30.0 Å². The van der Waals surface area contributed by atoms with Gasteiger partial charge in [-0.05, 0) is 130 Å². The zero-order chi connectivity index (χ0) is 36.3. The van der Waals surface area contributed by atoms with Crippen molar-refractivity contribution in [2.24, 2.45) is 34.5 Å². The van der Waals surface area contributed by atoms with Crippen molar-refractivity contribution in [2.75, 3.05) is 31.9 Å². The normalized spacial score (nSPS) is 28.2. The molecule has 10 heteroatoms. The van der Waals surface area contributed by atoms with Gasteiger partial charge in [-0.3, -0.25) is 9.59 Å². The number of anilines is 1. The van der Waals surface area contributed by atoms with Crippen molar-refractivity contribution >= 4 is 28.5 Å². The van der Waals surface area contributed by atoms with Gasteiger partial charge in [0.1, 0.15) is 35.1 Å². The lowest BCUT2D eigenvalue weighted by molar-refractivity contribution is -0.125. The Kier molecular flexibility index (Phi) is 8.79. The molecule has 3 N–H and O–H groups in total. The first-order valence-corrected chi connectivity index (χ1v) is 20.0. The molecule has 1 saturated heterocycles. The molecule has 2 aromatic carbocycles. The first-order valence-electron chi connectivity index (χ1n) is 20.0. The maximum Gasteiger partial charge on any atom is 0.222 e. The smallest absolute Gasteiger partial charge is 0.222 e. The second-order valence-electron chi connectivity index (χ2n) is 17.4. The van der Waals surface area contributed by atoms with Crippen LogP contribution in [-0.2, 0) is 16.0 Å². The van der Waals surface area contributed by atoms with Gasteiger partial charge in [0.05, 0.1) is 11.4 Å². The molecule has 3 bridgehead atoms. The van der Waals surface area contributed by atoms with E-state index in [2.05, 4.69) is 27.1 Å². The zero-order valence-electron chi connectivity index (χ0n) is 31.2. The Morgan fingerprint density at radius 1 is 1.04 bits per heavy atom. The summed E-state index contributed by atoms with van der Waals surface area (Å²) in [6.07, 6.45) is 14.7. The van der Waals surface area contributed by atoms with Gasteiger partial charge in [-0.2, -0.15) is 5.10 Å². The molecule has 5 aliphatic rings. The Balaban J connectivity index is 0.815. The number of nitrogens with one attached hydrogen (secondary N) is 1. The number of amides is 1. The van der Waals surface area contributed by atoms with Crippen molar-refractivity contribution in [3.8, 4) is 22.8 Å². The van der Waals surface area contributed by atoms with Crippen LogP contribution in [0, 0.1) is 34.5 Å². The summed E-state index contributed by atoms with van der Waals surface area (Å²) >= 11 is 0. The van der Waals surface area contributed by atoms with Gasteiger partial charge in [-0.15, -0.1) is 0 Å². The Labute approximate surface area is 312 Å². The lowest BCUT2D eigenvalue weighted by Crippen LogP contribution is -2.42. The van der Waals surface area contributed by atoms with E-state index in [0.717, 1.165) is 84.2 Å². The van der Waals surface area contributed by atoms with Gasteiger partial charge in [0.25, 0.3) is 0 Å². The predicted molar refractivity (Wildman–Crippen MR) is 205 cm³/mol. The number of rotatable bonds is 13. The summed E-state index contributed by atoms with van der Waals surface area (Å²) in [6.45, 7) is 7.07. The van der Waals surface area contributed by atoms with E-state index in [4.69, 9.17) is 15.6 Å². The topological polar surface area (TPSA) is 128 Å². The molecule has 10 nitrogen and oxygen atoms in total. The molecule has 3 heterocycles. The van der Waals surface area contributed by atoms with Crippen LogP contribution in [0.4, 0.5) is 5.82 Å². The molecule has 2 aromatic heterocycles. The Morgan fingerprint density at radius 3 is 2.68 bits per heavy atom. The molecule has 1 aliphatic heterocycles. The van der Waals surface area contributed by atoms with Gasteiger partial charge in [0.15, 0.2) is 5.65 Å². The highest BCUT2D eigenvalue weighted by Gasteiger charge is 2.70. The van der Waals surface area contributed by atoms with Crippen LogP contribution < -0.4 is 15.8 Å². The molecule has 53 heavy (non-hydrogen) atoms. The molecule has 4 saturated carbocycles. The number of para-hydroxylation sites is 1. The van der Waals surface area contributed by atoms with Crippen molar-refractivity contribution in [3.05, 3.63) is 60.4 Å². The average molecular weight is 716 g/mol. The minimum absolute atomic E-state index is 0.0439. The number of ether oxygens (including phenoxy) is 1. The van der Waals surface area contributed by atoms with Crippen LogP contribution in [0.1, 0.15) is 89.7 Å². The largest absolute Gasteiger partial charge is 0.457 e. The van der Waals surface area contributed by atoms with Gasteiger partial charge < -0.3 is 20.7 Å². The fraction of sp³-hybridized carbons (Fsp3) is 0.558. The standard InChI is InChI=1S/C43H53N7O3/c1-27(10-13-42-22-29-19-32-21-33(24-42)43(32,23-29)25-42)41(52)45-14-17-49-15-11-34(12-16-49)50-40-37(39(44)46-26-47-40)38(48-50)30-8-9-36(31(20-30)18-28(2)51)53-35-6-4-3-5-7-35/h3-9,20,26-27,29,32-34H,10-19,21-25H2,1-2H3,(H,45,52)(H2,44,46,47)/t27-,29?,32?,33?,42?,43?/m1/s1. The van der Waals surface area contributed by atoms with E-state index in [0.29, 0.717) is 35.0 Å². The molecule has 5 unspecified atom stereocenters. The summed E-state index contributed by atoms with van der Waals surface area (Å²) in [5, 5.41) is 9.12. The number of nitrogens with zero attached hydrogens (tertiary/aromatic N) is 5. The molecule has 0 radical (unpaired) electrons. The SMILES string of the molecule is CC(=O)Cc1cc(-c2nn(C3CCN(CCNC(=O)[C@H](C)CCC45CC6CC7CC(C4)C7(C6)C5)CC3)c3ncnc(N)c23)ccc1Oc1ccccc1. The number of fused-ring (bicyclic) bond motifs is 3. The second-order valence-corrected chi connectivity index (χ2v) is 17.4. The highest BCUT2D eigenvalue weighted by atomic mass is 16.5. The number of piperidine rings is 1. The summed E-state index contributed by atoms with van der Waals surface area (Å²) in [7, 11) is 0. The summed E-state index contributed by atoms with van der Waals surface area (Å²) < 4.78 is 8.20. The molecular formula is C43H53N7O3. The number of carbonyl (C=O) groups excluding carboxylic acids is 2. The Morgan fingerprint density at radius 2 is 1.87 bits per heavy atom. The number of hydrogen-bond acceptors (Lipinski definition) is 8. The summed E-state index contributed by atoms with van der Waals surface area (Å²) in [6, 6.07) is 15.6. The number of Topliss-reactive ketones (excluding diaryl/α,β-unsaturated/α-hetero) is 1. The van der Waals surface area contributed by atoms with E-state index in [9.17, 15) is 9.59 Å². The fourth-order valence-electron chi connectivity index (χ4n) is 11.7. The number of benzene rings is 2. The molecule has 5 fully saturated rings. The third-order valence-electron chi connectivity index (χ3n) is 14.0. The van der Waals surface area contributed by atoms with E-state index < -0.39 is 0 Å². The summed E-state index contributed by atoms with van der Waals surface area (Å²) in [5.41, 5.74) is 10.8. The number of nitrogen functional groups attached to an aromatic ring is 1. The maximum atomic E-state index is 13.2. The van der Waals surface area contributed by atoms with Crippen LogP contribution in [0.15, 0.2) is 54.9 Å². The van der Waals surface area contributed by atoms with Crippen molar-refractivity contribution < 1.29 is 14.3 Å². The first kappa shape index (κ1) is 34.5. The number of aromatic nitrogens is 4. The van der Waals surface area contributed by atoms with Crippen molar-refractivity contribution in [3.63, 3.8) is 0 Å². The Hall–Kier alpha value is -4.31. The minimum atomic E-state index is 0.0439. The average Bonchev–Trinajstić information content (AvgIpc) is 3.70. The minimum Gasteiger partial charge on any atom is -0.457 e. The highest BCUT2D eigenvalue weighted by molar-refractivity contribution is 5.98. The third kappa shape index (κ3) is 6.30. The van der Waals surface area contributed by atoms with Gasteiger partial charge in [-0.25, -0.2) is 14.6 Å². The van der Waals surface area contributed by atoms with Gasteiger partial charge >= 0.3 is 0 Å². The fourth-order valence-corrected chi connectivity index (χ4v) is 11.7. The Bertz CT molecular complexity index is 2020. The quantitative estimate of drug-likeness (QED) is 0.147. The molecule has 4 aromatic rings. The number of nitrogens with two attached hydrogens (primary N) is 1. The monoisotopic (exact) mass is 715 g/mol. The van der Waals surface area contributed by atoms with Crippen LogP contribution in [0.3, 0.4) is 0 Å². The van der Waals surface area contributed by atoms with E-state index in [1.165, 1.54) is 51.3 Å². The van der Waals surface area contributed by atoms with Crippen molar-refractivity contribution in [2.45, 2.75) is 90.5 Å². The summed E-state index contributed by atoms with van der Waals surface area (Å²) in [4.78, 5) is 36.9. The number of carbonyl (C=O) groups is 2. The van der Waals surface area contributed by atoms with Crippen LogP contribution in [0.2, 0.25) is 0 Å². The molecule has 9 rings (SSSR count). The molecule has 1 amide bonds. The number of likely N-dealkylation sites (tertiary alicyclic amines) is 1. The molecule has 4 aliphatic carbocycles. The lowest BCUT2D eigenvalue weighted by Gasteiger charge is -2.49. The first-order chi connectivity index (χ1) is 25.7. The van der Waals surface area contributed by atoms with Crippen LogP contribution in [0.5, 0.6) is 11.5 Å². The van der Waals surface area contributed by atoms with E-state index in [1.54, 1.807) is 6.92 Å². The third-order valence-corrected chi connectivity index (χ3v) is 14.0. The summed E-state index contributed by atoms with van der Waals surface area (Å²) in [5.74, 6) is 5.06. The van der Waals surface area contributed by atoms with Gasteiger partial charge in [0, 0.05) is 49.6 Å². The van der Waals surface area contributed by atoms with E-state index in [-0.39, 0.29) is 30.1 Å². The predicted octanol–water partition coefficient (Wildman–Crippen LogP) is 7.39. The van der Waals surface area contributed by atoms with Crippen LogP contribution in [-0.4, -0.2) is 62.5 Å². The highest BCUT2D eigenvalue weighted by Crippen LogP contribution is 2.79. The molecular weight excluding hydrogens is 663 g/mol. The van der Waals surface area contributed by atoms with Crippen molar-refractivity contribution in [1.29, 1.82) is 0 Å². The maximum absolute atomic E-state index is 13.2. The van der Waals surface area contributed by atoms with Crippen LogP contribution >= 0.6 is 0 Å². The van der Waals surface area contributed by atoms with Gasteiger partial charge in [-0.1, -0.05) is 25.1 Å². The van der Waals surface area contributed by atoms with E-state index in [1.807, 2.05) is 53.2 Å². The van der Waals surface area contributed by atoms with Gasteiger partial charge in [0.2, 0.25) is 5.91 Å². The lowest BCUT2D eigenvalue weighted by atomic mass is 9.55. The number of hydrogen-bond donors (Lipinski definition) is 2. The molecule has 1 spiro atoms. The molecule has 6 atom stereocenters. The zero-order valence-corrected chi connectivity index (χ0v) is 31.2.